The zero-order chi connectivity index (χ0) is 54.5. The van der Waals surface area contributed by atoms with Crippen LogP contribution in [0.4, 0.5) is 0 Å². The number of nitrogens with zero attached hydrogens (tertiary/aromatic N) is 2. The molecule has 3 heteroatoms. The molecule has 15 rings (SSSR count). The number of hydrogen-bond donors (Lipinski definition) is 0. The molecule has 2 aliphatic carbocycles. The smallest absolute Gasteiger partial charge is 0.252 e. The Balaban J connectivity index is 1.25. The second-order valence-electron chi connectivity index (χ2n) is 30.0. The van der Waals surface area contributed by atoms with Gasteiger partial charge in [-0.1, -0.05) is 226 Å². The molecule has 78 heavy (non-hydrogen) atoms. The molecule has 0 fully saturated rings. The first-order chi connectivity index (χ1) is 36.7. The zero-order valence-corrected chi connectivity index (χ0v) is 49.2. The maximum Gasteiger partial charge on any atom is 0.252 e. The van der Waals surface area contributed by atoms with Gasteiger partial charge < -0.3 is 9.13 Å². The SMILES string of the molecule is CC(C)(C)c1ccc2c(c1)C1(c3cc(C(C)(C)C)ccc3-2)c2ccc3c4c2-n2c5c(cc(C(C)(C)C)cc5c5cc(C(C)(C)C)cc1c52)B4c1c2c(cc4c(-c5ccccc5)c(-c5ccccc5)n-3c14)C(C)(C)CCC2(C)C. The van der Waals surface area contributed by atoms with E-state index in [-0.39, 0.29) is 39.2 Å². The van der Waals surface area contributed by atoms with E-state index >= 15 is 0 Å². The van der Waals surface area contributed by atoms with E-state index in [1.165, 1.54) is 144 Å². The summed E-state index contributed by atoms with van der Waals surface area (Å²) in [5.74, 6) is 0. The third-order valence-electron chi connectivity index (χ3n) is 20.1. The van der Waals surface area contributed by atoms with E-state index in [9.17, 15) is 0 Å². The van der Waals surface area contributed by atoms with Crippen molar-refractivity contribution in [3.8, 4) is 44.9 Å². The Morgan fingerprint density at radius 3 is 1.51 bits per heavy atom. The predicted molar refractivity (Wildman–Crippen MR) is 334 cm³/mol. The van der Waals surface area contributed by atoms with E-state index < -0.39 is 5.41 Å². The molecule has 388 valence electrons. The van der Waals surface area contributed by atoms with Gasteiger partial charge in [0.1, 0.15) is 0 Å². The van der Waals surface area contributed by atoms with Crippen molar-refractivity contribution in [3.05, 3.63) is 195 Å². The third-order valence-corrected chi connectivity index (χ3v) is 20.1. The van der Waals surface area contributed by atoms with Crippen LogP contribution < -0.4 is 16.4 Å². The molecule has 0 bridgehead atoms. The lowest BCUT2D eigenvalue weighted by Gasteiger charge is -2.47. The molecule has 0 saturated carbocycles. The van der Waals surface area contributed by atoms with Gasteiger partial charge in [-0.25, -0.2) is 0 Å². The molecule has 0 amide bonds. The van der Waals surface area contributed by atoms with Crippen LogP contribution in [-0.2, 0) is 37.9 Å². The summed E-state index contributed by atoms with van der Waals surface area (Å²) < 4.78 is 5.64. The first-order valence-corrected chi connectivity index (χ1v) is 29.3. The van der Waals surface area contributed by atoms with Gasteiger partial charge in [-0.15, -0.1) is 0 Å². The minimum absolute atomic E-state index is 0.0281. The quantitative estimate of drug-likeness (QED) is 0.153. The van der Waals surface area contributed by atoms with Crippen LogP contribution in [0.2, 0.25) is 0 Å². The van der Waals surface area contributed by atoms with Gasteiger partial charge in [0.05, 0.1) is 16.6 Å². The summed E-state index contributed by atoms with van der Waals surface area (Å²) in [4.78, 5) is 0. The van der Waals surface area contributed by atoms with Gasteiger partial charge in [0.25, 0.3) is 6.71 Å². The van der Waals surface area contributed by atoms with Gasteiger partial charge in [0, 0.05) is 44.1 Å². The summed E-state index contributed by atoms with van der Waals surface area (Å²) in [7, 11) is 0. The maximum atomic E-state index is 2.85. The minimum atomic E-state index is -0.628. The van der Waals surface area contributed by atoms with Crippen molar-refractivity contribution < 1.29 is 0 Å². The van der Waals surface area contributed by atoms with Gasteiger partial charge in [-0.3, -0.25) is 0 Å². The third kappa shape index (κ3) is 6.01. The van der Waals surface area contributed by atoms with E-state index in [0.29, 0.717) is 0 Å². The molecular weight excluding hydrogens is 940 g/mol. The highest BCUT2D eigenvalue weighted by molar-refractivity contribution is 7.00. The van der Waals surface area contributed by atoms with Gasteiger partial charge in [0.15, 0.2) is 0 Å². The van der Waals surface area contributed by atoms with Crippen LogP contribution in [0.25, 0.3) is 77.6 Å². The summed E-state index contributed by atoms with van der Waals surface area (Å²) in [6.07, 6.45) is 2.28. The van der Waals surface area contributed by atoms with Crippen molar-refractivity contribution in [2.24, 2.45) is 0 Å². The number of rotatable bonds is 2. The Labute approximate surface area is 464 Å². The summed E-state index contributed by atoms with van der Waals surface area (Å²) in [6, 6.07) is 56.5. The summed E-state index contributed by atoms with van der Waals surface area (Å²) >= 11 is 0. The maximum absolute atomic E-state index is 2.85. The van der Waals surface area contributed by atoms with Crippen molar-refractivity contribution in [2.45, 2.75) is 162 Å². The topological polar surface area (TPSA) is 9.86 Å². The molecule has 0 unspecified atom stereocenters. The molecule has 0 N–H and O–H groups in total. The van der Waals surface area contributed by atoms with Gasteiger partial charge >= 0.3 is 0 Å². The average molecular weight is 1020 g/mol. The van der Waals surface area contributed by atoms with Gasteiger partial charge in [-0.2, -0.15) is 0 Å². The van der Waals surface area contributed by atoms with Crippen LogP contribution in [0.1, 0.15) is 179 Å². The molecule has 5 aliphatic rings. The van der Waals surface area contributed by atoms with Gasteiger partial charge in [0.2, 0.25) is 0 Å². The second kappa shape index (κ2) is 14.9. The van der Waals surface area contributed by atoms with E-state index in [1.54, 1.807) is 5.56 Å². The highest BCUT2D eigenvalue weighted by Crippen LogP contribution is 2.64. The van der Waals surface area contributed by atoms with E-state index in [2.05, 4.69) is 259 Å². The Bertz CT molecular complexity index is 4270. The fourth-order valence-corrected chi connectivity index (χ4v) is 15.9. The number of benzene rings is 8. The molecule has 0 saturated heterocycles. The summed E-state index contributed by atoms with van der Waals surface area (Å²) in [5, 5.41) is 4.14. The van der Waals surface area contributed by atoms with E-state index in [1.807, 2.05) is 0 Å². The number of aromatic nitrogens is 2. The molecule has 0 atom stereocenters. The van der Waals surface area contributed by atoms with E-state index in [4.69, 9.17) is 0 Å². The average Bonchev–Trinajstić information content (AvgIpc) is 2.19. The highest BCUT2D eigenvalue weighted by atomic mass is 15.1. The zero-order valence-electron chi connectivity index (χ0n) is 49.2. The van der Waals surface area contributed by atoms with Crippen molar-refractivity contribution in [1.29, 1.82) is 0 Å². The van der Waals surface area contributed by atoms with Crippen molar-refractivity contribution in [1.82, 2.24) is 9.13 Å². The fourth-order valence-electron chi connectivity index (χ4n) is 15.9. The first kappa shape index (κ1) is 48.3. The minimum Gasteiger partial charge on any atom is -0.310 e. The van der Waals surface area contributed by atoms with Crippen LogP contribution in [0.3, 0.4) is 0 Å². The first-order valence-electron chi connectivity index (χ1n) is 29.3. The highest BCUT2D eigenvalue weighted by Gasteiger charge is 2.56. The van der Waals surface area contributed by atoms with Crippen LogP contribution in [0.15, 0.2) is 140 Å². The normalized spacial score (nSPS) is 16.9. The van der Waals surface area contributed by atoms with Crippen molar-refractivity contribution in [2.75, 3.05) is 0 Å². The lowest BCUT2D eigenvalue weighted by Crippen LogP contribution is -2.63. The molecule has 2 nitrogen and oxygen atoms in total. The van der Waals surface area contributed by atoms with Crippen LogP contribution in [0, 0.1) is 0 Å². The Morgan fingerprint density at radius 2 is 0.936 bits per heavy atom. The molecule has 5 heterocycles. The van der Waals surface area contributed by atoms with Crippen molar-refractivity contribution >= 4 is 55.8 Å². The molecule has 2 aromatic heterocycles. The summed E-state index contributed by atoms with van der Waals surface area (Å²) in [6.45, 7) is 39.2. The Hall–Kier alpha value is -6.84. The lowest BCUT2D eigenvalue weighted by molar-refractivity contribution is 0.334. The largest absolute Gasteiger partial charge is 0.310 e. The predicted octanol–water partition coefficient (Wildman–Crippen LogP) is 17.4. The van der Waals surface area contributed by atoms with Crippen molar-refractivity contribution in [3.63, 3.8) is 0 Å². The molecule has 8 aromatic carbocycles. The molecule has 0 radical (unpaired) electrons. The summed E-state index contributed by atoms with van der Waals surface area (Å²) in [5.41, 5.74) is 32.4. The molecule has 3 aliphatic heterocycles. The standard InChI is InChI=1S/C75H75BN2/c1-69(2,3)44-27-29-48-49-30-28-45(70(4,5)6)38-55(49)75(54(48)37-44)53-31-32-59-62-68(53)78-65-50(35-46(39-57(65)75)71(7,8)9)51-36-47(72(10,11)12)40-58(66(51)78)76(62)63-61-56(73(13,14)33-34-74(61,15)16)41-52-60(42-23-19-17-20-24-42)64(77(59)67(52)63)43-25-21-18-22-26-43/h17-32,35-41H,33-34H2,1-16H3. The molecule has 10 aromatic rings. The fraction of sp³-hybridized carbons (Fsp3) is 0.333. The van der Waals surface area contributed by atoms with E-state index in [0.717, 1.165) is 12.8 Å². The second-order valence-corrected chi connectivity index (χ2v) is 30.0. The number of fused-ring (bicyclic) bond motifs is 13. The van der Waals surface area contributed by atoms with Crippen LogP contribution >= 0.6 is 0 Å². The number of hydrogen-bond acceptors (Lipinski definition) is 0. The van der Waals surface area contributed by atoms with Crippen LogP contribution in [-0.4, -0.2) is 15.8 Å². The Morgan fingerprint density at radius 1 is 0.410 bits per heavy atom. The molecular formula is C75H75BN2. The molecule has 1 spiro atoms. The monoisotopic (exact) mass is 1010 g/mol. The Kier molecular flexibility index (Phi) is 9.22. The lowest BCUT2D eigenvalue weighted by atomic mass is 9.31. The van der Waals surface area contributed by atoms with Gasteiger partial charge in [-0.05, 0) is 164 Å². The van der Waals surface area contributed by atoms with Crippen LogP contribution in [0.5, 0.6) is 0 Å².